The molecule has 0 amide bonds. The number of hydrogen-bond acceptors (Lipinski definition) is 3. The Labute approximate surface area is 114 Å². The third kappa shape index (κ3) is 1.92. The van der Waals surface area contributed by atoms with Gasteiger partial charge >= 0.3 is 0 Å². The number of fused-ring (bicyclic) bond motifs is 1. The number of pyridine rings is 1. The summed E-state index contributed by atoms with van der Waals surface area (Å²) < 4.78 is 2.06. The van der Waals surface area contributed by atoms with Crippen molar-refractivity contribution in [1.29, 1.82) is 0 Å². The van der Waals surface area contributed by atoms with Gasteiger partial charge in [0.1, 0.15) is 11.3 Å². The Morgan fingerprint density at radius 1 is 1.39 bits per heavy atom. The van der Waals surface area contributed by atoms with Crippen molar-refractivity contribution in [2.45, 2.75) is 6.42 Å². The predicted molar refractivity (Wildman–Crippen MR) is 76.3 cm³/mol. The van der Waals surface area contributed by atoms with Gasteiger partial charge in [-0.15, -0.1) is 11.3 Å². The van der Waals surface area contributed by atoms with Crippen LogP contribution in [0.2, 0.25) is 5.02 Å². The molecular formula is C13H12ClN3S. The van der Waals surface area contributed by atoms with E-state index < -0.39 is 0 Å². The number of nitrogens with zero attached hydrogens (tertiary/aromatic N) is 2. The van der Waals surface area contributed by atoms with Gasteiger partial charge < -0.3 is 10.1 Å². The van der Waals surface area contributed by atoms with E-state index in [0.29, 0.717) is 11.6 Å². The molecule has 0 aliphatic rings. The Kier molecular flexibility index (Phi) is 3.07. The highest BCUT2D eigenvalue weighted by atomic mass is 35.5. The Morgan fingerprint density at radius 2 is 2.28 bits per heavy atom. The second-order valence-corrected chi connectivity index (χ2v) is 5.38. The molecule has 0 saturated carbocycles. The zero-order chi connectivity index (χ0) is 12.5. The van der Waals surface area contributed by atoms with Gasteiger partial charge in [0.05, 0.1) is 10.6 Å². The fourth-order valence-electron chi connectivity index (χ4n) is 2.06. The minimum atomic E-state index is 0.606. The number of imidazole rings is 1. The fraction of sp³-hybridized carbons (Fsp3) is 0.154. The Morgan fingerprint density at radius 3 is 3.00 bits per heavy atom. The van der Waals surface area contributed by atoms with Crippen molar-refractivity contribution >= 4 is 28.6 Å². The summed E-state index contributed by atoms with van der Waals surface area (Å²) in [6, 6.07) is 7.85. The molecule has 3 heterocycles. The van der Waals surface area contributed by atoms with E-state index in [0.717, 1.165) is 23.5 Å². The van der Waals surface area contributed by atoms with E-state index in [1.165, 1.54) is 4.88 Å². The van der Waals surface area contributed by atoms with Crippen molar-refractivity contribution in [2.24, 2.45) is 5.73 Å². The minimum absolute atomic E-state index is 0.606. The summed E-state index contributed by atoms with van der Waals surface area (Å²) in [5.74, 6) is 0. The van der Waals surface area contributed by atoms with Gasteiger partial charge in [0.2, 0.25) is 0 Å². The van der Waals surface area contributed by atoms with Crippen LogP contribution in [0.15, 0.2) is 35.8 Å². The topological polar surface area (TPSA) is 43.3 Å². The van der Waals surface area contributed by atoms with E-state index in [1.807, 2.05) is 24.4 Å². The smallest absolute Gasteiger partial charge is 0.139 e. The molecule has 0 atom stereocenters. The largest absolute Gasteiger partial charge is 0.330 e. The molecule has 3 aromatic rings. The molecule has 0 bridgehead atoms. The van der Waals surface area contributed by atoms with Gasteiger partial charge in [0.25, 0.3) is 0 Å². The van der Waals surface area contributed by atoms with Gasteiger partial charge in [-0.1, -0.05) is 17.7 Å². The number of halogens is 1. The lowest BCUT2D eigenvalue weighted by atomic mass is 10.2. The molecule has 18 heavy (non-hydrogen) atoms. The molecule has 0 aromatic carbocycles. The summed E-state index contributed by atoms with van der Waals surface area (Å²) in [6.45, 7) is 0.606. The first-order valence-electron chi connectivity index (χ1n) is 5.70. The van der Waals surface area contributed by atoms with Crippen molar-refractivity contribution in [3.8, 4) is 10.6 Å². The molecule has 2 N–H and O–H groups in total. The van der Waals surface area contributed by atoms with Gasteiger partial charge in [0, 0.05) is 23.7 Å². The van der Waals surface area contributed by atoms with Crippen molar-refractivity contribution in [3.63, 3.8) is 0 Å². The van der Waals surface area contributed by atoms with Crippen molar-refractivity contribution in [3.05, 3.63) is 46.6 Å². The summed E-state index contributed by atoms with van der Waals surface area (Å²) in [6.07, 6.45) is 2.75. The van der Waals surface area contributed by atoms with Gasteiger partial charge in [-0.2, -0.15) is 0 Å². The number of thiophene rings is 1. The average Bonchev–Trinajstić information content (AvgIpc) is 2.97. The van der Waals surface area contributed by atoms with Gasteiger partial charge in [-0.25, -0.2) is 4.98 Å². The van der Waals surface area contributed by atoms with Crippen LogP contribution in [0.5, 0.6) is 0 Å². The molecule has 5 heteroatoms. The van der Waals surface area contributed by atoms with E-state index in [2.05, 4.69) is 20.8 Å². The van der Waals surface area contributed by atoms with Crippen LogP contribution in [-0.4, -0.2) is 15.9 Å². The first-order valence-corrected chi connectivity index (χ1v) is 6.96. The van der Waals surface area contributed by atoms with Crippen LogP contribution >= 0.6 is 22.9 Å². The highest BCUT2D eigenvalue weighted by Gasteiger charge is 2.14. The average molecular weight is 278 g/mol. The molecule has 3 nitrogen and oxygen atoms in total. The maximum Gasteiger partial charge on any atom is 0.139 e. The minimum Gasteiger partial charge on any atom is -0.330 e. The van der Waals surface area contributed by atoms with E-state index in [4.69, 9.17) is 17.3 Å². The molecule has 0 aliphatic heterocycles. The number of aromatic nitrogens is 2. The Balaban J connectivity index is 2.26. The Bertz CT molecular complexity index is 673. The normalized spacial score (nSPS) is 11.2. The summed E-state index contributed by atoms with van der Waals surface area (Å²) in [5, 5.41) is 2.75. The number of nitrogens with two attached hydrogens (primary N) is 1. The summed E-state index contributed by atoms with van der Waals surface area (Å²) >= 11 is 7.69. The standard InChI is InChI=1S/C13H12ClN3S/c14-9-4-6-17-10(3-5-15)13(16-12(17)8-9)11-2-1-7-18-11/h1-2,4,6-8H,3,5,15H2. The van der Waals surface area contributed by atoms with E-state index in [9.17, 15) is 0 Å². The fourth-order valence-corrected chi connectivity index (χ4v) is 2.95. The highest BCUT2D eigenvalue weighted by Crippen LogP contribution is 2.29. The molecule has 0 unspecified atom stereocenters. The van der Waals surface area contributed by atoms with Gasteiger partial charge in [-0.05, 0) is 24.1 Å². The van der Waals surface area contributed by atoms with Crippen molar-refractivity contribution in [1.82, 2.24) is 9.38 Å². The van der Waals surface area contributed by atoms with Crippen LogP contribution in [-0.2, 0) is 6.42 Å². The third-order valence-electron chi connectivity index (χ3n) is 2.82. The first kappa shape index (κ1) is 11.7. The third-order valence-corrected chi connectivity index (χ3v) is 3.93. The van der Waals surface area contributed by atoms with Gasteiger partial charge in [0.15, 0.2) is 0 Å². The Hall–Kier alpha value is -1.36. The lowest BCUT2D eigenvalue weighted by molar-refractivity contribution is 0.907. The maximum atomic E-state index is 6.01. The molecular weight excluding hydrogens is 266 g/mol. The van der Waals surface area contributed by atoms with Crippen molar-refractivity contribution in [2.75, 3.05) is 6.54 Å². The summed E-state index contributed by atoms with van der Waals surface area (Å²) in [5.41, 5.74) is 8.73. The maximum absolute atomic E-state index is 6.01. The molecule has 3 aromatic heterocycles. The molecule has 0 spiro atoms. The van der Waals surface area contributed by atoms with Crippen LogP contribution < -0.4 is 5.73 Å². The number of hydrogen-bond donors (Lipinski definition) is 1. The van der Waals surface area contributed by atoms with Crippen molar-refractivity contribution < 1.29 is 0 Å². The summed E-state index contributed by atoms with van der Waals surface area (Å²) in [7, 11) is 0. The monoisotopic (exact) mass is 277 g/mol. The van der Waals surface area contributed by atoms with Crippen LogP contribution in [0.3, 0.4) is 0 Å². The first-order chi connectivity index (χ1) is 8.79. The van der Waals surface area contributed by atoms with Crippen LogP contribution in [0.4, 0.5) is 0 Å². The predicted octanol–water partition coefficient (Wildman–Crippen LogP) is 3.22. The molecule has 0 aliphatic carbocycles. The molecule has 0 radical (unpaired) electrons. The van der Waals surface area contributed by atoms with Crippen LogP contribution in [0.25, 0.3) is 16.2 Å². The second kappa shape index (κ2) is 4.72. The van der Waals surface area contributed by atoms with Crippen LogP contribution in [0, 0.1) is 0 Å². The second-order valence-electron chi connectivity index (χ2n) is 4.00. The van der Waals surface area contributed by atoms with E-state index in [1.54, 1.807) is 11.3 Å². The molecule has 0 fully saturated rings. The zero-order valence-electron chi connectivity index (χ0n) is 9.64. The summed E-state index contributed by atoms with van der Waals surface area (Å²) in [4.78, 5) is 5.83. The van der Waals surface area contributed by atoms with Gasteiger partial charge in [-0.3, -0.25) is 0 Å². The highest BCUT2D eigenvalue weighted by molar-refractivity contribution is 7.13. The number of rotatable bonds is 3. The lowest BCUT2D eigenvalue weighted by Gasteiger charge is -2.02. The zero-order valence-corrected chi connectivity index (χ0v) is 11.2. The van der Waals surface area contributed by atoms with Crippen LogP contribution in [0.1, 0.15) is 5.69 Å². The molecule has 92 valence electrons. The lowest BCUT2D eigenvalue weighted by Crippen LogP contribution is -2.06. The molecule has 3 rings (SSSR count). The van der Waals surface area contributed by atoms with E-state index in [-0.39, 0.29) is 0 Å². The quantitative estimate of drug-likeness (QED) is 0.799. The van der Waals surface area contributed by atoms with E-state index >= 15 is 0 Å². The SMILES string of the molecule is NCCc1c(-c2cccs2)nc2cc(Cl)ccn12. The molecule has 0 saturated heterocycles.